The molecule has 29 nitrogen and oxygen atoms in total. The number of methoxy groups -OCH3 is 1. The van der Waals surface area contributed by atoms with Gasteiger partial charge in [-0.3, -0.25) is 71.9 Å². The molecule has 0 radical (unpaired) electrons. The summed E-state index contributed by atoms with van der Waals surface area (Å²) in [6.45, 7) is 17.4. The first kappa shape index (κ1) is 92.9. The zero-order valence-corrected chi connectivity index (χ0v) is 68.7. The highest BCUT2D eigenvalue weighted by Crippen LogP contribution is 2.32. The molecule has 5 aromatic heterocycles. The zero-order valence-electron chi connectivity index (χ0n) is 68.7. The van der Waals surface area contributed by atoms with Gasteiger partial charge in [-0.1, -0.05) is 26.7 Å². The number of fused-ring (bicyclic) bond motifs is 5. The molecule has 0 unspecified atom stereocenters. The van der Waals surface area contributed by atoms with E-state index in [1.807, 2.05) is 13.8 Å². The number of phenols is 5. The number of likely N-dealkylation sites (tertiary alicyclic amines) is 2. The van der Waals surface area contributed by atoms with Crippen LogP contribution in [0.4, 0.5) is 0 Å². The lowest BCUT2D eigenvalue weighted by Gasteiger charge is -2.26. The Kier molecular flexibility index (Phi) is 34.2. The van der Waals surface area contributed by atoms with E-state index in [9.17, 15) is 97.5 Å². The SMILES string of the molecule is CCCC(=O)CCc1c(C)oc2c(C=O)c(O)ccc2c1=O.CCCCC(=O)CCc1c(C)oc2c(C=O)c(O)ccc2c1=O.COCCNC(=O)Cc1c(C)oc2c(C=O)c(O)ccc2c1=O.Cc1oc2c(C=O)c(O)ccc2c(=O)c1CC(=O)N1CCCCC1.Cc1oc2c(C=O)c(O)ccc2c(=O)c1CCC(=O)CCCN1CCCCC1. The number of carbonyl (C=O) groups is 10. The van der Waals surface area contributed by atoms with Crippen LogP contribution in [0.2, 0.25) is 0 Å². The van der Waals surface area contributed by atoms with Crippen LogP contribution < -0.4 is 32.5 Å². The Hall–Kier alpha value is -12.6. The van der Waals surface area contributed by atoms with Crippen molar-refractivity contribution >= 4 is 115 Å². The molecular weight excluding hydrogens is 1550 g/mol. The van der Waals surface area contributed by atoms with Crippen molar-refractivity contribution in [1.82, 2.24) is 15.1 Å². The van der Waals surface area contributed by atoms with Crippen molar-refractivity contribution in [2.75, 3.05) is 53.0 Å². The van der Waals surface area contributed by atoms with Gasteiger partial charge >= 0.3 is 0 Å². The maximum atomic E-state index is 12.8. The van der Waals surface area contributed by atoms with Gasteiger partial charge in [0.2, 0.25) is 11.8 Å². The summed E-state index contributed by atoms with van der Waals surface area (Å²) in [5.74, 6) is 0.463. The van der Waals surface area contributed by atoms with Gasteiger partial charge < -0.3 is 67.5 Å². The largest absolute Gasteiger partial charge is 0.507 e. The molecule has 7 heterocycles. The fourth-order valence-electron chi connectivity index (χ4n) is 14.3. The Morgan fingerprint density at radius 3 is 1.01 bits per heavy atom. The zero-order chi connectivity index (χ0) is 87.6. The second-order valence-corrected chi connectivity index (χ2v) is 29.4. The number of carbonyl (C=O) groups excluding carboxylic acids is 10. The predicted octanol–water partition coefficient (Wildman–Crippen LogP) is 12.7. The van der Waals surface area contributed by atoms with Gasteiger partial charge in [-0.15, -0.1) is 0 Å². The van der Waals surface area contributed by atoms with E-state index in [-0.39, 0.29) is 186 Å². The van der Waals surface area contributed by atoms with Crippen LogP contribution in [-0.2, 0) is 60.8 Å². The number of ketones is 3. The van der Waals surface area contributed by atoms with Gasteiger partial charge in [-0.05, 0) is 186 Å². The number of ether oxygens (including phenoxy) is 1. The van der Waals surface area contributed by atoms with Crippen LogP contribution in [0.15, 0.2) is 107 Å². The van der Waals surface area contributed by atoms with Gasteiger partial charge in [-0.25, -0.2) is 0 Å². The third-order valence-corrected chi connectivity index (χ3v) is 21.1. The number of amides is 2. The topological polar surface area (TPSA) is 451 Å². The monoisotopic (exact) mass is 1650 g/mol. The van der Waals surface area contributed by atoms with Crippen LogP contribution in [0, 0.1) is 34.6 Å². The summed E-state index contributed by atoms with van der Waals surface area (Å²) in [4.78, 5) is 183. The highest BCUT2D eigenvalue weighted by Gasteiger charge is 2.26. The molecule has 2 saturated heterocycles. The molecule has 5 aromatic carbocycles. The molecule has 2 fully saturated rings. The fourth-order valence-corrected chi connectivity index (χ4v) is 14.3. The van der Waals surface area contributed by atoms with E-state index in [1.54, 1.807) is 32.6 Å². The van der Waals surface area contributed by atoms with Crippen LogP contribution >= 0.6 is 0 Å². The average molecular weight is 1650 g/mol. The van der Waals surface area contributed by atoms with E-state index in [2.05, 4.69) is 10.2 Å². The number of aldehydes is 5. The second-order valence-electron chi connectivity index (χ2n) is 29.4. The highest BCUT2D eigenvalue weighted by atomic mass is 16.5. The number of aromatic hydroxyl groups is 5. The number of rotatable bonds is 30. The van der Waals surface area contributed by atoms with Crippen molar-refractivity contribution in [2.45, 2.75) is 183 Å². The number of piperidine rings is 2. The Bertz CT molecular complexity index is 5830. The standard InChI is InChI=1S/C22H27NO5.C18H19NO5.C18H20O5.C17H18O5.C16H17NO6/c1-15-17(8-7-16(25)6-5-13-23-11-3-2-4-12-23)21(27)18-9-10-20(26)19(14-24)22(18)28-15;1-11-13(9-16(22)19-7-3-2-4-8-19)17(23)12-5-6-15(21)14(10-20)18(12)24-11;1-3-4-5-12(20)6-7-13-11(2)23-18-14(17(13)22)8-9-16(21)15(18)10-19;1-3-4-11(19)5-6-12-10(2)22-17-13(16(12)21)7-8-15(20)14(17)9-18;1-9-11(7-14(20)17-5-6-22-2)15(21)10-3-4-13(19)12(8-18)16(10)23-9/h9-10,14,26H,2-8,11-13H2,1H3;5-6,10,21H,2-4,7-9H2,1H3;8-10,21H,3-7H2,1-2H3;7-9,20H,3-6H2,1-2H3;3-4,8,19H,5-7H2,1-2H3,(H,17,20). The Labute approximate surface area is 688 Å². The maximum absolute atomic E-state index is 12.8. The van der Waals surface area contributed by atoms with E-state index in [0.29, 0.717) is 148 Å². The lowest BCUT2D eigenvalue weighted by Crippen LogP contribution is -2.37. The van der Waals surface area contributed by atoms with E-state index >= 15 is 0 Å². The van der Waals surface area contributed by atoms with Gasteiger partial charge in [0.1, 0.15) is 74.9 Å². The summed E-state index contributed by atoms with van der Waals surface area (Å²) < 4.78 is 32.8. The average Bonchev–Trinajstić information content (AvgIpc) is 0.751. The first-order valence-electron chi connectivity index (χ1n) is 40.0. The molecule has 29 heteroatoms. The minimum Gasteiger partial charge on any atom is -0.507 e. The number of hydrogen-bond acceptors (Lipinski definition) is 27. The van der Waals surface area contributed by atoms with Crippen molar-refractivity contribution < 1.29 is 100 Å². The number of nitrogens with one attached hydrogen (secondary N) is 1. The fraction of sp³-hybridized carbons (Fsp3) is 0.396. The van der Waals surface area contributed by atoms with Crippen molar-refractivity contribution in [3.8, 4) is 28.7 Å². The molecule has 0 spiro atoms. The highest BCUT2D eigenvalue weighted by molar-refractivity contribution is 6.01. The molecule has 10 aromatic rings. The summed E-state index contributed by atoms with van der Waals surface area (Å²) in [7, 11) is 1.52. The molecule has 2 amide bonds. The minimum absolute atomic E-state index is 0.0125. The molecule has 2 aliphatic heterocycles. The predicted molar refractivity (Wildman–Crippen MR) is 448 cm³/mol. The first-order valence-corrected chi connectivity index (χ1v) is 40.0. The molecule has 636 valence electrons. The van der Waals surface area contributed by atoms with Crippen LogP contribution in [0.5, 0.6) is 28.7 Å². The first-order chi connectivity index (χ1) is 57.5. The minimum atomic E-state index is -0.395. The molecule has 0 saturated carbocycles. The third-order valence-electron chi connectivity index (χ3n) is 21.1. The summed E-state index contributed by atoms with van der Waals surface area (Å²) in [5, 5.41) is 52.2. The Morgan fingerprint density at radius 2 is 0.692 bits per heavy atom. The maximum Gasteiger partial charge on any atom is 0.227 e. The lowest BCUT2D eigenvalue weighted by atomic mass is 10.0. The molecule has 0 atom stereocenters. The lowest BCUT2D eigenvalue weighted by molar-refractivity contribution is -0.131. The molecule has 0 bridgehead atoms. The van der Waals surface area contributed by atoms with Gasteiger partial charge in [0.15, 0.2) is 86.5 Å². The summed E-state index contributed by atoms with van der Waals surface area (Å²) in [5.41, 5.74) is 0.490. The van der Waals surface area contributed by atoms with Gasteiger partial charge in [0.05, 0.1) is 74.2 Å². The third kappa shape index (κ3) is 23.0. The number of benzene rings is 5. The van der Waals surface area contributed by atoms with Gasteiger partial charge in [-0.2, -0.15) is 0 Å². The smallest absolute Gasteiger partial charge is 0.227 e. The number of nitrogens with zero attached hydrogens (tertiary/aromatic N) is 2. The van der Waals surface area contributed by atoms with E-state index < -0.39 is 5.43 Å². The molecule has 6 N–H and O–H groups in total. The van der Waals surface area contributed by atoms with Crippen LogP contribution in [-0.4, -0.2) is 149 Å². The number of hydrogen-bond donors (Lipinski definition) is 6. The molecule has 0 aliphatic carbocycles. The molecular formula is C91H101N3O26. The summed E-state index contributed by atoms with van der Waals surface area (Å²) >= 11 is 0. The summed E-state index contributed by atoms with van der Waals surface area (Å²) in [6.07, 6.45) is 15.9. The van der Waals surface area contributed by atoms with Crippen molar-refractivity contribution in [3.05, 3.63) is 196 Å². The van der Waals surface area contributed by atoms with E-state index in [1.165, 1.54) is 94.0 Å². The number of Topliss-reactive ketones (excluding diaryl/α,β-unsaturated/α-hetero) is 3. The Morgan fingerprint density at radius 1 is 0.392 bits per heavy atom. The summed E-state index contributed by atoms with van der Waals surface area (Å²) in [6, 6.07) is 13.5. The van der Waals surface area contributed by atoms with Crippen LogP contribution in [0.1, 0.15) is 225 Å². The normalized spacial score (nSPS) is 12.6. The number of aryl methyl sites for hydroxylation is 5. The van der Waals surface area contributed by atoms with Crippen molar-refractivity contribution in [1.29, 1.82) is 0 Å². The quantitative estimate of drug-likeness (QED) is 0.0180. The Balaban J connectivity index is 0.000000187. The van der Waals surface area contributed by atoms with Crippen LogP contribution in [0.3, 0.4) is 0 Å². The number of phenolic OH excluding ortho intramolecular Hbond substituents is 5. The molecule has 120 heavy (non-hydrogen) atoms. The van der Waals surface area contributed by atoms with Crippen molar-refractivity contribution in [2.24, 2.45) is 0 Å². The molecule has 2 aliphatic rings. The van der Waals surface area contributed by atoms with Gasteiger partial charge in [0.25, 0.3) is 0 Å². The van der Waals surface area contributed by atoms with Crippen LogP contribution in [0.25, 0.3) is 54.8 Å². The molecule has 12 rings (SSSR count). The number of unbranched alkanes of at least 4 members (excludes halogenated alkanes) is 1. The van der Waals surface area contributed by atoms with E-state index in [0.717, 1.165) is 77.7 Å². The second kappa shape index (κ2) is 44.2. The van der Waals surface area contributed by atoms with E-state index in [4.69, 9.17) is 26.8 Å². The van der Waals surface area contributed by atoms with Crippen molar-refractivity contribution in [3.63, 3.8) is 0 Å². The van der Waals surface area contributed by atoms with Gasteiger partial charge in [0, 0.05) is 93.1 Å².